The molecule has 0 saturated carbocycles. The molecule has 6 nitrogen and oxygen atoms in total. The number of piperidine rings is 1. The van der Waals surface area contributed by atoms with Gasteiger partial charge < -0.3 is 15.7 Å². The van der Waals surface area contributed by atoms with Crippen LogP contribution in [0.3, 0.4) is 0 Å². The third kappa shape index (κ3) is 5.75. The van der Waals surface area contributed by atoms with Gasteiger partial charge in [-0.1, -0.05) is 43.5 Å². The molecule has 1 saturated heterocycles. The zero-order valence-corrected chi connectivity index (χ0v) is 20.3. The standard InChI is InChI=1S/C28H37N5O/c1-19-8-7-15-28(2,32-19)14-5-3-4-9-20-12-13-25-23(16-20)18-24(27(34)31-25)21-10-6-11-22(17-21)26(29)33-30/h6,10-13,16-19,32H,3-5,7-9,14-15,30H2,1-2H3,(H2,29,33)(H,31,34)/t19-,28+/m0/s1. The van der Waals surface area contributed by atoms with Crippen molar-refractivity contribution in [3.8, 4) is 11.1 Å². The summed E-state index contributed by atoms with van der Waals surface area (Å²) in [6.07, 6.45) is 9.86. The molecule has 6 N–H and O–H groups in total. The van der Waals surface area contributed by atoms with Crippen LogP contribution in [-0.2, 0) is 6.42 Å². The van der Waals surface area contributed by atoms with Crippen molar-refractivity contribution in [1.29, 1.82) is 5.41 Å². The van der Waals surface area contributed by atoms with Crippen LogP contribution in [0.4, 0.5) is 0 Å². The molecule has 0 amide bonds. The number of nitrogens with two attached hydrogens (primary N) is 1. The zero-order chi connectivity index (χ0) is 24.1. The normalized spacial score (nSPS) is 20.4. The second-order valence-corrected chi connectivity index (χ2v) is 10.1. The number of amidine groups is 1. The summed E-state index contributed by atoms with van der Waals surface area (Å²) in [7, 11) is 0. The van der Waals surface area contributed by atoms with Crippen molar-refractivity contribution in [3.05, 3.63) is 70.0 Å². The highest BCUT2D eigenvalue weighted by Gasteiger charge is 2.28. The number of rotatable bonds is 8. The van der Waals surface area contributed by atoms with E-state index in [1.165, 1.54) is 50.5 Å². The Kier molecular flexibility index (Phi) is 7.49. The molecular weight excluding hydrogens is 422 g/mol. The van der Waals surface area contributed by atoms with E-state index in [0.29, 0.717) is 22.7 Å². The number of fused-ring (bicyclic) bond motifs is 1. The minimum atomic E-state index is -0.135. The van der Waals surface area contributed by atoms with Gasteiger partial charge in [-0.15, -0.1) is 0 Å². The summed E-state index contributed by atoms with van der Waals surface area (Å²) >= 11 is 0. The van der Waals surface area contributed by atoms with Crippen LogP contribution in [0.1, 0.15) is 69.9 Å². The largest absolute Gasteiger partial charge is 0.321 e. The summed E-state index contributed by atoms with van der Waals surface area (Å²) in [6.45, 7) is 4.68. The average molecular weight is 460 g/mol. The third-order valence-corrected chi connectivity index (χ3v) is 7.17. The van der Waals surface area contributed by atoms with Crippen molar-refractivity contribution < 1.29 is 0 Å². The maximum Gasteiger partial charge on any atom is 0.256 e. The first-order valence-electron chi connectivity index (χ1n) is 12.5. The second kappa shape index (κ2) is 10.5. The lowest BCUT2D eigenvalue weighted by Gasteiger charge is -2.39. The van der Waals surface area contributed by atoms with Crippen LogP contribution in [0.25, 0.3) is 22.0 Å². The number of aromatic nitrogens is 1. The molecule has 0 bridgehead atoms. The number of benzene rings is 2. The van der Waals surface area contributed by atoms with Gasteiger partial charge in [0.2, 0.25) is 0 Å². The van der Waals surface area contributed by atoms with Gasteiger partial charge in [0.15, 0.2) is 0 Å². The van der Waals surface area contributed by atoms with Crippen LogP contribution < -0.4 is 22.1 Å². The van der Waals surface area contributed by atoms with Crippen molar-refractivity contribution in [1.82, 2.24) is 15.7 Å². The summed E-state index contributed by atoms with van der Waals surface area (Å²) in [6, 6.07) is 16.2. The summed E-state index contributed by atoms with van der Waals surface area (Å²) in [5.41, 5.74) is 6.67. The Hall–Kier alpha value is -2.96. The minimum Gasteiger partial charge on any atom is -0.321 e. The van der Waals surface area contributed by atoms with E-state index in [2.05, 4.69) is 41.7 Å². The van der Waals surface area contributed by atoms with Crippen molar-refractivity contribution in [2.75, 3.05) is 0 Å². The fourth-order valence-corrected chi connectivity index (χ4v) is 5.31. The second-order valence-electron chi connectivity index (χ2n) is 10.1. The van der Waals surface area contributed by atoms with Crippen LogP contribution in [0.2, 0.25) is 0 Å². The van der Waals surface area contributed by atoms with Gasteiger partial charge in [0.1, 0.15) is 5.84 Å². The molecule has 0 radical (unpaired) electrons. The molecule has 1 aliphatic heterocycles. The molecule has 3 aromatic rings. The quantitative estimate of drug-likeness (QED) is 0.107. The molecule has 0 aliphatic carbocycles. The average Bonchev–Trinajstić information content (AvgIpc) is 2.83. The zero-order valence-electron chi connectivity index (χ0n) is 20.3. The fourth-order valence-electron chi connectivity index (χ4n) is 5.31. The first-order chi connectivity index (χ1) is 16.4. The number of unbranched alkanes of at least 4 members (excludes halogenated alkanes) is 2. The minimum absolute atomic E-state index is 0.115. The smallest absolute Gasteiger partial charge is 0.256 e. The fraction of sp³-hybridized carbons (Fsp3) is 0.429. The number of aromatic amines is 1. The predicted octanol–water partition coefficient (Wildman–Crippen LogP) is 5.01. The Labute approximate surface area is 201 Å². The molecule has 4 rings (SSSR count). The number of aryl methyl sites for hydroxylation is 1. The van der Waals surface area contributed by atoms with Crippen LogP contribution in [0.15, 0.2) is 53.3 Å². The van der Waals surface area contributed by atoms with Crippen molar-refractivity contribution in [2.45, 2.75) is 76.8 Å². The van der Waals surface area contributed by atoms with E-state index in [4.69, 9.17) is 11.3 Å². The first kappa shape index (κ1) is 24.2. The Morgan fingerprint density at radius 1 is 1.18 bits per heavy atom. The van der Waals surface area contributed by atoms with Crippen LogP contribution in [0, 0.1) is 5.41 Å². The van der Waals surface area contributed by atoms with E-state index in [0.717, 1.165) is 22.9 Å². The van der Waals surface area contributed by atoms with Gasteiger partial charge in [-0.25, -0.2) is 5.84 Å². The van der Waals surface area contributed by atoms with Crippen LogP contribution in [-0.4, -0.2) is 22.4 Å². The summed E-state index contributed by atoms with van der Waals surface area (Å²) in [5.74, 6) is 5.49. The van der Waals surface area contributed by atoms with Gasteiger partial charge in [-0.3, -0.25) is 10.2 Å². The lowest BCUT2D eigenvalue weighted by Crippen LogP contribution is -2.50. The molecule has 34 heavy (non-hydrogen) atoms. The van der Waals surface area contributed by atoms with E-state index in [-0.39, 0.29) is 11.4 Å². The molecule has 1 aromatic heterocycles. The molecule has 2 atom stereocenters. The first-order valence-corrected chi connectivity index (χ1v) is 12.5. The van der Waals surface area contributed by atoms with Gasteiger partial charge in [0.25, 0.3) is 5.56 Å². The highest BCUT2D eigenvalue weighted by atomic mass is 16.1. The lowest BCUT2D eigenvalue weighted by atomic mass is 9.83. The maximum absolute atomic E-state index is 12.7. The highest BCUT2D eigenvalue weighted by Crippen LogP contribution is 2.27. The van der Waals surface area contributed by atoms with Crippen molar-refractivity contribution in [3.63, 3.8) is 0 Å². The van der Waals surface area contributed by atoms with E-state index < -0.39 is 0 Å². The summed E-state index contributed by atoms with van der Waals surface area (Å²) in [5, 5.41) is 12.7. The Balaban J connectivity index is 1.42. The van der Waals surface area contributed by atoms with Crippen molar-refractivity contribution >= 4 is 16.7 Å². The van der Waals surface area contributed by atoms with Crippen LogP contribution >= 0.6 is 0 Å². The van der Waals surface area contributed by atoms with E-state index >= 15 is 0 Å². The number of pyridine rings is 1. The summed E-state index contributed by atoms with van der Waals surface area (Å²) in [4.78, 5) is 15.7. The Morgan fingerprint density at radius 3 is 2.82 bits per heavy atom. The Bertz CT molecular complexity index is 1220. The predicted molar refractivity (Wildman–Crippen MR) is 141 cm³/mol. The van der Waals surface area contributed by atoms with Crippen LogP contribution in [0.5, 0.6) is 0 Å². The van der Waals surface area contributed by atoms with Gasteiger partial charge in [0.05, 0.1) is 0 Å². The summed E-state index contributed by atoms with van der Waals surface area (Å²) < 4.78 is 0. The number of hydrogen-bond donors (Lipinski definition) is 5. The molecule has 2 aromatic carbocycles. The molecule has 0 spiro atoms. The molecule has 6 heteroatoms. The SMILES string of the molecule is C[C@H]1CCC[C@@](C)(CCCCCc2ccc3[nH]c(=O)c(-c4cccc(C(=N)NN)c4)cc3c2)N1. The van der Waals surface area contributed by atoms with E-state index in [1.54, 1.807) is 6.07 Å². The van der Waals surface area contributed by atoms with Crippen molar-refractivity contribution in [2.24, 2.45) is 5.84 Å². The molecule has 180 valence electrons. The highest BCUT2D eigenvalue weighted by molar-refractivity contribution is 5.97. The number of H-pyrrole nitrogens is 1. The van der Waals surface area contributed by atoms with Gasteiger partial charge in [-0.2, -0.15) is 0 Å². The maximum atomic E-state index is 12.7. The van der Waals surface area contributed by atoms with Gasteiger partial charge in [0, 0.05) is 28.2 Å². The molecule has 1 aliphatic rings. The molecule has 2 heterocycles. The third-order valence-electron chi connectivity index (χ3n) is 7.17. The van der Waals surface area contributed by atoms with E-state index in [1.807, 2.05) is 30.3 Å². The lowest BCUT2D eigenvalue weighted by molar-refractivity contribution is 0.214. The molecule has 1 fully saturated rings. The molecular formula is C28H37N5O. The topological polar surface area (TPSA) is 107 Å². The molecule has 0 unspecified atom stereocenters. The number of hydrogen-bond acceptors (Lipinski definition) is 4. The van der Waals surface area contributed by atoms with E-state index in [9.17, 15) is 4.79 Å². The monoisotopic (exact) mass is 459 g/mol. The Morgan fingerprint density at radius 2 is 2.03 bits per heavy atom. The van der Waals surface area contributed by atoms with Gasteiger partial charge in [-0.05, 0) is 86.7 Å². The van der Waals surface area contributed by atoms with Gasteiger partial charge >= 0.3 is 0 Å². The number of hydrazine groups is 1. The number of nitrogens with one attached hydrogen (secondary N) is 4.